The average molecular weight is 1400 g/mol. The van der Waals surface area contributed by atoms with E-state index in [2.05, 4.69) is 55.4 Å². The predicted octanol–water partition coefficient (Wildman–Crippen LogP) is 22.0. The Bertz CT molecular complexity index is 1870. The lowest BCUT2D eigenvalue weighted by Gasteiger charge is -2.21. The second-order valence-corrected chi connectivity index (χ2v) is 32.0. The first-order valence-corrected chi connectivity index (χ1v) is 42.2. The minimum absolute atomic E-state index is 0.106. The Morgan fingerprint density at radius 2 is 0.505 bits per heavy atom. The van der Waals surface area contributed by atoms with Crippen LogP contribution in [0, 0.1) is 23.7 Å². The van der Waals surface area contributed by atoms with E-state index in [9.17, 15) is 43.2 Å². The van der Waals surface area contributed by atoms with E-state index in [1.54, 1.807) is 0 Å². The van der Waals surface area contributed by atoms with Crippen LogP contribution in [0.1, 0.15) is 383 Å². The highest BCUT2D eigenvalue weighted by Crippen LogP contribution is 2.45. The lowest BCUT2D eigenvalue weighted by Crippen LogP contribution is -2.30. The molecule has 0 aromatic carbocycles. The second kappa shape index (κ2) is 65.4. The van der Waals surface area contributed by atoms with Crippen molar-refractivity contribution < 1.29 is 80.2 Å². The zero-order valence-electron chi connectivity index (χ0n) is 62.3. The van der Waals surface area contributed by atoms with Crippen LogP contribution in [0.3, 0.4) is 0 Å². The molecule has 564 valence electrons. The Labute approximate surface area is 581 Å². The van der Waals surface area contributed by atoms with Gasteiger partial charge < -0.3 is 33.8 Å². The molecule has 0 rings (SSSR count). The van der Waals surface area contributed by atoms with Gasteiger partial charge in [-0.15, -0.1) is 0 Å². The van der Waals surface area contributed by atoms with Gasteiger partial charge in [-0.05, 0) is 49.4 Å². The van der Waals surface area contributed by atoms with Crippen molar-refractivity contribution in [2.24, 2.45) is 23.7 Å². The second-order valence-electron chi connectivity index (χ2n) is 29.1. The summed E-state index contributed by atoms with van der Waals surface area (Å²) in [7, 11) is -9.91. The van der Waals surface area contributed by atoms with E-state index in [-0.39, 0.29) is 25.7 Å². The largest absolute Gasteiger partial charge is 0.472 e. The van der Waals surface area contributed by atoms with E-state index in [0.717, 1.165) is 114 Å². The van der Waals surface area contributed by atoms with Crippen molar-refractivity contribution in [3.05, 3.63) is 0 Å². The first-order chi connectivity index (χ1) is 45.6. The molecule has 0 aromatic rings. The molecule has 4 unspecified atom stereocenters. The maximum Gasteiger partial charge on any atom is 0.472 e. The van der Waals surface area contributed by atoms with Gasteiger partial charge in [-0.2, -0.15) is 0 Å². The van der Waals surface area contributed by atoms with E-state index in [1.807, 2.05) is 0 Å². The van der Waals surface area contributed by atoms with Crippen molar-refractivity contribution in [1.82, 2.24) is 0 Å². The minimum atomic E-state index is -4.96. The highest BCUT2D eigenvalue weighted by Gasteiger charge is 2.30. The number of rotatable bonds is 73. The highest BCUT2D eigenvalue weighted by atomic mass is 31.2. The van der Waals surface area contributed by atoms with E-state index in [4.69, 9.17) is 37.0 Å². The fourth-order valence-corrected chi connectivity index (χ4v) is 13.1. The van der Waals surface area contributed by atoms with Crippen molar-refractivity contribution >= 4 is 39.5 Å². The molecular formula is C76H148O17P2. The molecule has 95 heavy (non-hydrogen) atoms. The molecule has 17 nitrogen and oxygen atoms in total. The average Bonchev–Trinajstić information content (AvgIpc) is 1.60. The Hall–Kier alpha value is -1.94. The molecule has 0 fully saturated rings. The van der Waals surface area contributed by atoms with E-state index >= 15 is 0 Å². The van der Waals surface area contributed by atoms with Crippen LogP contribution in [-0.2, 0) is 65.4 Å². The summed E-state index contributed by atoms with van der Waals surface area (Å²) in [6.45, 7) is 14.2. The molecule has 0 aliphatic heterocycles. The number of carbonyl (C=O) groups excluding carboxylic acids is 4. The summed E-state index contributed by atoms with van der Waals surface area (Å²) in [5.74, 6) is 0.943. The van der Waals surface area contributed by atoms with Crippen LogP contribution in [0.25, 0.3) is 0 Å². The smallest absolute Gasteiger partial charge is 0.462 e. The standard InChI is InChI=1S/C76H148O17P2/c1-9-69(8)55-47-39-31-25-26-32-40-48-56-73(78)86-62-71(92-75(80)59-51-43-34-24-20-16-12-14-18-22-29-37-45-53-67(4)5)64-90-94(82,83)88-60-70(77)61-89-95(84,85)91-65-72(63-87-74(79)57-49-41-35-27-30-38-46-54-68(6)7)93-76(81)58-50-42-33-23-19-15-11-10-13-17-21-28-36-44-52-66(2)3/h66-72,77H,9-65H2,1-8H3,(H,82,83)(H,84,85)/t69?,70?,71-,72-/m1/s1. The summed E-state index contributed by atoms with van der Waals surface area (Å²) >= 11 is 0. The van der Waals surface area contributed by atoms with Gasteiger partial charge in [0.1, 0.15) is 19.3 Å². The molecular weight excluding hydrogens is 1250 g/mol. The third-order valence-electron chi connectivity index (χ3n) is 17.9. The van der Waals surface area contributed by atoms with Gasteiger partial charge >= 0.3 is 39.5 Å². The lowest BCUT2D eigenvalue weighted by atomic mass is 9.99. The van der Waals surface area contributed by atoms with Gasteiger partial charge in [0.05, 0.1) is 26.4 Å². The van der Waals surface area contributed by atoms with E-state index in [0.29, 0.717) is 31.6 Å². The number of ether oxygens (including phenoxy) is 4. The molecule has 0 saturated carbocycles. The number of esters is 4. The van der Waals surface area contributed by atoms with Crippen LogP contribution in [0.5, 0.6) is 0 Å². The Balaban J connectivity index is 5.25. The molecule has 3 N–H and O–H groups in total. The summed E-state index contributed by atoms with van der Waals surface area (Å²) in [5.41, 5.74) is 0. The molecule has 19 heteroatoms. The summed E-state index contributed by atoms with van der Waals surface area (Å²) in [4.78, 5) is 72.8. The first-order valence-electron chi connectivity index (χ1n) is 39.2. The minimum Gasteiger partial charge on any atom is -0.462 e. The number of phosphoric ester groups is 2. The number of unbranched alkanes of at least 4 members (excludes halogenated alkanes) is 38. The normalized spacial score (nSPS) is 14.4. The predicted molar refractivity (Wildman–Crippen MR) is 386 cm³/mol. The number of carbonyl (C=O) groups is 4. The van der Waals surface area contributed by atoms with Gasteiger partial charge in [0.2, 0.25) is 0 Å². The van der Waals surface area contributed by atoms with Crippen molar-refractivity contribution in [2.75, 3.05) is 39.6 Å². The zero-order chi connectivity index (χ0) is 70.3. The lowest BCUT2D eigenvalue weighted by molar-refractivity contribution is -0.161. The van der Waals surface area contributed by atoms with Gasteiger partial charge in [0.15, 0.2) is 12.2 Å². The zero-order valence-corrected chi connectivity index (χ0v) is 64.1. The quantitative estimate of drug-likeness (QED) is 0.0222. The van der Waals surface area contributed by atoms with Crippen molar-refractivity contribution in [3.8, 4) is 0 Å². The molecule has 0 aromatic heterocycles. The van der Waals surface area contributed by atoms with Gasteiger partial charge in [-0.3, -0.25) is 37.3 Å². The van der Waals surface area contributed by atoms with Gasteiger partial charge in [-0.1, -0.05) is 331 Å². The molecule has 0 amide bonds. The van der Waals surface area contributed by atoms with Crippen LogP contribution in [0.15, 0.2) is 0 Å². The first kappa shape index (κ1) is 93.1. The molecule has 0 aliphatic rings. The summed E-state index contributed by atoms with van der Waals surface area (Å²) in [5, 5.41) is 10.6. The van der Waals surface area contributed by atoms with Crippen LogP contribution < -0.4 is 0 Å². The van der Waals surface area contributed by atoms with Gasteiger partial charge in [0, 0.05) is 25.7 Å². The van der Waals surface area contributed by atoms with Gasteiger partial charge in [-0.25, -0.2) is 9.13 Å². The topological polar surface area (TPSA) is 237 Å². The number of hydrogen-bond donors (Lipinski definition) is 3. The van der Waals surface area contributed by atoms with Gasteiger partial charge in [0.25, 0.3) is 0 Å². The summed E-state index contributed by atoms with van der Waals surface area (Å²) in [6.07, 6.45) is 49.9. The number of aliphatic hydroxyl groups is 1. The molecule has 6 atom stereocenters. The maximum atomic E-state index is 13.1. The third kappa shape index (κ3) is 69.0. The van der Waals surface area contributed by atoms with Crippen LogP contribution in [-0.4, -0.2) is 96.7 Å². The van der Waals surface area contributed by atoms with Crippen LogP contribution >= 0.6 is 15.6 Å². The van der Waals surface area contributed by atoms with Crippen LogP contribution in [0.4, 0.5) is 0 Å². The Morgan fingerprint density at radius 1 is 0.295 bits per heavy atom. The summed E-state index contributed by atoms with van der Waals surface area (Å²) in [6, 6.07) is 0. The van der Waals surface area contributed by atoms with E-state index < -0.39 is 97.5 Å². The Morgan fingerprint density at radius 3 is 0.747 bits per heavy atom. The molecule has 0 aliphatic carbocycles. The highest BCUT2D eigenvalue weighted by molar-refractivity contribution is 7.47. The molecule has 0 heterocycles. The van der Waals surface area contributed by atoms with Crippen molar-refractivity contribution in [2.45, 2.75) is 401 Å². The maximum absolute atomic E-state index is 13.1. The van der Waals surface area contributed by atoms with Crippen molar-refractivity contribution in [1.29, 1.82) is 0 Å². The van der Waals surface area contributed by atoms with E-state index in [1.165, 1.54) is 180 Å². The fourth-order valence-electron chi connectivity index (χ4n) is 11.5. The van der Waals surface area contributed by atoms with Crippen LogP contribution in [0.2, 0.25) is 0 Å². The molecule has 0 spiro atoms. The number of hydrogen-bond acceptors (Lipinski definition) is 15. The molecule has 0 bridgehead atoms. The SMILES string of the molecule is CCC(C)CCCCCCCCCCC(=O)OC[C@H](COP(=O)(O)OCC(O)COP(=O)(O)OC[C@@H](COC(=O)CCCCCCCCCC(C)C)OC(=O)CCCCCCCCCCCCCCCCC(C)C)OC(=O)CCCCCCCCCCCCCCCC(C)C. The Kier molecular flexibility index (Phi) is 64.0. The summed E-state index contributed by atoms with van der Waals surface area (Å²) < 4.78 is 68.5. The fraction of sp³-hybridized carbons (Fsp3) is 0.947. The molecule has 0 radical (unpaired) electrons. The van der Waals surface area contributed by atoms with Crippen molar-refractivity contribution in [3.63, 3.8) is 0 Å². The molecule has 0 saturated heterocycles. The third-order valence-corrected chi connectivity index (χ3v) is 19.8. The monoisotopic (exact) mass is 1400 g/mol. The number of phosphoric acid groups is 2. The number of aliphatic hydroxyl groups excluding tert-OH is 1.